The van der Waals surface area contributed by atoms with Crippen LogP contribution >= 0.6 is 0 Å². The maximum atomic E-state index is 13.4. The first-order valence-electron chi connectivity index (χ1n) is 5.77. The highest BCUT2D eigenvalue weighted by Gasteiger charge is 2.13. The molecule has 0 bridgehead atoms. The van der Waals surface area contributed by atoms with Crippen molar-refractivity contribution < 1.29 is 12.8 Å². The maximum Gasteiger partial charge on any atom is 0.237 e. The third kappa shape index (κ3) is 3.79. The number of aryl methyl sites for hydroxylation is 1. The number of nitrogens with one attached hydrogen (secondary N) is 1. The quantitative estimate of drug-likeness (QED) is 0.935. The van der Waals surface area contributed by atoms with Crippen LogP contribution in [0, 0.1) is 12.7 Å². The van der Waals surface area contributed by atoms with E-state index in [1.54, 1.807) is 24.3 Å². The summed E-state index contributed by atoms with van der Waals surface area (Å²) in [6, 6.07) is 12.9. The first-order chi connectivity index (χ1) is 8.96. The topological polar surface area (TPSA) is 46.2 Å². The van der Waals surface area contributed by atoms with Crippen molar-refractivity contribution in [3.8, 4) is 0 Å². The fourth-order valence-electron chi connectivity index (χ4n) is 1.77. The summed E-state index contributed by atoms with van der Waals surface area (Å²) in [7, 11) is -3.62. The van der Waals surface area contributed by atoms with Crippen molar-refractivity contribution in [2.75, 3.05) is 4.72 Å². The summed E-state index contributed by atoms with van der Waals surface area (Å²) in [5, 5.41) is 0. The van der Waals surface area contributed by atoms with Crippen LogP contribution in [0.4, 0.5) is 10.1 Å². The third-order valence-corrected chi connectivity index (χ3v) is 3.82. The zero-order valence-electron chi connectivity index (χ0n) is 10.4. The lowest BCUT2D eigenvalue weighted by Gasteiger charge is -2.09. The second kappa shape index (κ2) is 5.40. The molecule has 2 aromatic carbocycles. The van der Waals surface area contributed by atoms with Crippen LogP contribution in [0.15, 0.2) is 48.5 Å². The second-order valence-electron chi connectivity index (χ2n) is 4.33. The van der Waals surface area contributed by atoms with Crippen molar-refractivity contribution in [2.45, 2.75) is 12.7 Å². The number of hydrogen-bond acceptors (Lipinski definition) is 2. The van der Waals surface area contributed by atoms with Gasteiger partial charge in [0.1, 0.15) is 5.82 Å². The molecule has 0 aliphatic heterocycles. The predicted octanol–water partition coefficient (Wildman–Crippen LogP) is 3.08. The molecular formula is C14H14FNO2S. The molecule has 2 aromatic rings. The third-order valence-electron chi connectivity index (χ3n) is 2.58. The molecule has 5 heteroatoms. The highest BCUT2D eigenvalue weighted by molar-refractivity contribution is 7.91. The fraction of sp³-hybridized carbons (Fsp3) is 0.143. The van der Waals surface area contributed by atoms with Crippen molar-refractivity contribution in [3.05, 3.63) is 65.5 Å². The lowest BCUT2D eigenvalue weighted by molar-refractivity contribution is 0.598. The van der Waals surface area contributed by atoms with Crippen LogP contribution in [0.3, 0.4) is 0 Å². The Morgan fingerprint density at radius 3 is 2.53 bits per heavy atom. The highest BCUT2D eigenvalue weighted by atomic mass is 32.2. The van der Waals surface area contributed by atoms with E-state index >= 15 is 0 Å². The van der Waals surface area contributed by atoms with E-state index in [1.165, 1.54) is 18.2 Å². The number of benzene rings is 2. The lowest BCUT2D eigenvalue weighted by atomic mass is 10.2. The number of anilines is 1. The van der Waals surface area contributed by atoms with E-state index in [4.69, 9.17) is 0 Å². The molecule has 0 aliphatic carbocycles. The van der Waals surface area contributed by atoms with E-state index in [2.05, 4.69) is 4.72 Å². The zero-order valence-corrected chi connectivity index (χ0v) is 11.2. The van der Waals surface area contributed by atoms with Crippen molar-refractivity contribution in [2.24, 2.45) is 0 Å². The molecule has 0 fully saturated rings. The van der Waals surface area contributed by atoms with Crippen LogP contribution < -0.4 is 4.72 Å². The summed E-state index contributed by atoms with van der Waals surface area (Å²) < 4.78 is 39.6. The molecule has 100 valence electrons. The summed E-state index contributed by atoms with van der Waals surface area (Å²) in [5.74, 6) is -0.765. The van der Waals surface area contributed by atoms with E-state index in [9.17, 15) is 12.8 Å². The molecular weight excluding hydrogens is 265 g/mol. The Hall–Kier alpha value is -1.88. The minimum absolute atomic E-state index is 0.0323. The molecule has 1 N–H and O–H groups in total. The first kappa shape index (κ1) is 13.5. The molecule has 0 atom stereocenters. The average Bonchev–Trinajstić information content (AvgIpc) is 2.31. The summed E-state index contributed by atoms with van der Waals surface area (Å²) in [6.45, 7) is 1.89. The standard InChI is InChI=1S/C14H14FNO2S/c1-11-5-4-6-12(9-11)10-19(17,18)16-14-8-3-2-7-13(14)15/h2-9,16H,10H2,1H3. The molecule has 0 heterocycles. The Morgan fingerprint density at radius 1 is 1.11 bits per heavy atom. The minimum atomic E-state index is -3.62. The second-order valence-corrected chi connectivity index (χ2v) is 6.05. The normalized spacial score (nSPS) is 11.3. The van der Waals surface area contributed by atoms with Gasteiger partial charge in [0.25, 0.3) is 0 Å². The largest absolute Gasteiger partial charge is 0.280 e. The minimum Gasteiger partial charge on any atom is -0.280 e. The van der Waals surface area contributed by atoms with Crippen molar-refractivity contribution in [1.29, 1.82) is 0 Å². The van der Waals surface area contributed by atoms with Gasteiger partial charge in [-0.1, -0.05) is 42.0 Å². The molecule has 0 aromatic heterocycles. The molecule has 0 saturated carbocycles. The molecule has 0 amide bonds. The Labute approximate surface area is 112 Å². The molecule has 19 heavy (non-hydrogen) atoms. The summed E-state index contributed by atoms with van der Waals surface area (Å²) in [6.07, 6.45) is 0. The van der Waals surface area contributed by atoms with Gasteiger partial charge in [-0.2, -0.15) is 0 Å². The lowest BCUT2D eigenvalue weighted by Crippen LogP contribution is -2.16. The molecule has 0 spiro atoms. The summed E-state index contributed by atoms with van der Waals surface area (Å²) in [4.78, 5) is 0. The smallest absolute Gasteiger partial charge is 0.237 e. The van der Waals surface area contributed by atoms with Crippen molar-refractivity contribution in [3.63, 3.8) is 0 Å². The monoisotopic (exact) mass is 279 g/mol. The van der Waals surface area contributed by atoms with Crippen LogP contribution in [0.5, 0.6) is 0 Å². The van der Waals surface area contributed by atoms with E-state index in [-0.39, 0.29) is 11.4 Å². The molecule has 3 nitrogen and oxygen atoms in total. The van der Waals surface area contributed by atoms with Gasteiger partial charge in [-0.25, -0.2) is 12.8 Å². The predicted molar refractivity (Wildman–Crippen MR) is 73.8 cm³/mol. The number of hydrogen-bond donors (Lipinski definition) is 1. The van der Waals surface area contributed by atoms with Gasteiger partial charge in [0.05, 0.1) is 11.4 Å². The van der Waals surface area contributed by atoms with Crippen LogP contribution in [0.1, 0.15) is 11.1 Å². The van der Waals surface area contributed by atoms with Gasteiger partial charge in [0.15, 0.2) is 0 Å². The van der Waals surface area contributed by atoms with Crippen LogP contribution in [-0.2, 0) is 15.8 Å². The molecule has 0 unspecified atom stereocenters. The molecule has 2 rings (SSSR count). The maximum absolute atomic E-state index is 13.4. The van der Waals surface area contributed by atoms with Gasteiger partial charge >= 0.3 is 0 Å². The number of halogens is 1. The molecule has 0 radical (unpaired) electrons. The molecule has 0 saturated heterocycles. The Morgan fingerprint density at radius 2 is 1.84 bits per heavy atom. The van der Waals surface area contributed by atoms with Gasteiger partial charge in [0, 0.05) is 0 Å². The molecule has 0 aliphatic rings. The fourth-order valence-corrected chi connectivity index (χ4v) is 2.96. The van der Waals surface area contributed by atoms with Crippen LogP contribution in [-0.4, -0.2) is 8.42 Å². The first-order valence-corrected chi connectivity index (χ1v) is 7.42. The summed E-state index contributed by atoms with van der Waals surface area (Å²) in [5.41, 5.74) is 1.62. The van der Waals surface area contributed by atoms with Gasteiger partial charge in [-0.15, -0.1) is 0 Å². The number of para-hydroxylation sites is 1. The van der Waals surface area contributed by atoms with Gasteiger partial charge < -0.3 is 0 Å². The van der Waals surface area contributed by atoms with E-state index in [1.807, 2.05) is 13.0 Å². The van der Waals surface area contributed by atoms with E-state index < -0.39 is 15.8 Å². The van der Waals surface area contributed by atoms with Gasteiger partial charge in [-0.3, -0.25) is 4.72 Å². The van der Waals surface area contributed by atoms with E-state index in [0.29, 0.717) is 5.56 Å². The van der Waals surface area contributed by atoms with Crippen LogP contribution in [0.25, 0.3) is 0 Å². The van der Waals surface area contributed by atoms with Crippen LogP contribution in [0.2, 0.25) is 0 Å². The average molecular weight is 279 g/mol. The Balaban J connectivity index is 2.18. The van der Waals surface area contributed by atoms with Gasteiger partial charge in [-0.05, 0) is 24.6 Å². The number of rotatable bonds is 4. The van der Waals surface area contributed by atoms with E-state index in [0.717, 1.165) is 5.56 Å². The Bertz CT molecular complexity index is 683. The van der Waals surface area contributed by atoms with Crippen molar-refractivity contribution >= 4 is 15.7 Å². The highest BCUT2D eigenvalue weighted by Crippen LogP contribution is 2.16. The zero-order chi connectivity index (χ0) is 13.9. The van der Waals surface area contributed by atoms with Crippen molar-refractivity contribution in [1.82, 2.24) is 0 Å². The Kier molecular flexibility index (Phi) is 3.85. The van der Waals surface area contributed by atoms with Gasteiger partial charge in [0.2, 0.25) is 10.0 Å². The summed E-state index contributed by atoms with van der Waals surface area (Å²) >= 11 is 0. The SMILES string of the molecule is Cc1cccc(CS(=O)(=O)Nc2ccccc2F)c1. The number of sulfonamides is 1.